The van der Waals surface area contributed by atoms with Crippen LogP contribution in [0.15, 0.2) is 0 Å². The van der Waals surface area contributed by atoms with Crippen molar-refractivity contribution in [2.45, 2.75) is 89.6 Å². The van der Waals surface area contributed by atoms with Crippen LogP contribution in [0.1, 0.15) is 78.1 Å². The molecule has 1 spiro atoms. The number of piperazine rings is 1. The molecule has 1 unspecified atom stereocenters. The topological polar surface area (TPSA) is 15.3 Å². The largest absolute Gasteiger partial charge is 0.308 e. The van der Waals surface area contributed by atoms with Crippen LogP contribution >= 0.6 is 0 Å². The zero-order chi connectivity index (χ0) is 14.1. The Morgan fingerprint density at radius 3 is 2.30 bits per heavy atom. The summed E-state index contributed by atoms with van der Waals surface area (Å²) in [6.45, 7) is 8.73. The van der Waals surface area contributed by atoms with Gasteiger partial charge >= 0.3 is 0 Å². The summed E-state index contributed by atoms with van der Waals surface area (Å²) in [5, 5.41) is 3.96. The number of nitrogens with zero attached hydrogens (tertiary/aromatic N) is 1. The Bertz CT molecular complexity index is 310. The first kappa shape index (κ1) is 14.8. The summed E-state index contributed by atoms with van der Waals surface area (Å²) in [6, 6.07) is 0.784. The average Bonchev–Trinajstić information content (AvgIpc) is 2.44. The highest BCUT2D eigenvalue weighted by Crippen LogP contribution is 2.45. The van der Waals surface area contributed by atoms with Crippen molar-refractivity contribution >= 4 is 0 Å². The monoisotopic (exact) mass is 278 g/mol. The maximum Gasteiger partial charge on any atom is 0.0309 e. The highest BCUT2D eigenvalue weighted by molar-refractivity contribution is 5.01. The van der Waals surface area contributed by atoms with Crippen molar-refractivity contribution in [1.82, 2.24) is 10.2 Å². The average molecular weight is 278 g/mol. The normalized spacial score (nSPS) is 33.0. The fourth-order valence-electron chi connectivity index (χ4n) is 4.92. The molecule has 0 aromatic rings. The first-order valence-corrected chi connectivity index (χ1v) is 9.20. The van der Waals surface area contributed by atoms with E-state index in [4.69, 9.17) is 0 Å². The van der Waals surface area contributed by atoms with Gasteiger partial charge in [0.25, 0.3) is 0 Å². The van der Waals surface area contributed by atoms with Gasteiger partial charge in [0.05, 0.1) is 0 Å². The first-order valence-electron chi connectivity index (χ1n) is 9.20. The van der Waals surface area contributed by atoms with E-state index in [0.717, 1.165) is 6.04 Å². The molecule has 1 saturated heterocycles. The summed E-state index contributed by atoms with van der Waals surface area (Å²) in [7, 11) is 0. The Morgan fingerprint density at radius 1 is 1.00 bits per heavy atom. The van der Waals surface area contributed by atoms with E-state index in [2.05, 4.69) is 24.1 Å². The molecule has 20 heavy (non-hydrogen) atoms. The van der Waals surface area contributed by atoms with Crippen molar-refractivity contribution < 1.29 is 0 Å². The van der Waals surface area contributed by atoms with E-state index in [-0.39, 0.29) is 0 Å². The number of nitrogens with one attached hydrogen (secondary N) is 1. The smallest absolute Gasteiger partial charge is 0.0309 e. The van der Waals surface area contributed by atoms with Crippen LogP contribution in [-0.2, 0) is 0 Å². The van der Waals surface area contributed by atoms with Gasteiger partial charge < -0.3 is 5.32 Å². The lowest BCUT2D eigenvalue weighted by atomic mass is 9.66. The molecule has 2 nitrogen and oxygen atoms in total. The van der Waals surface area contributed by atoms with Crippen LogP contribution in [0.5, 0.6) is 0 Å². The summed E-state index contributed by atoms with van der Waals surface area (Å²) < 4.78 is 0. The van der Waals surface area contributed by atoms with Crippen molar-refractivity contribution in [3.05, 3.63) is 0 Å². The fraction of sp³-hybridized carbons (Fsp3) is 1.00. The van der Waals surface area contributed by atoms with Crippen molar-refractivity contribution in [2.75, 3.05) is 19.6 Å². The zero-order valence-electron chi connectivity index (χ0n) is 13.7. The van der Waals surface area contributed by atoms with Crippen LogP contribution < -0.4 is 5.32 Å². The molecule has 0 aromatic carbocycles. The second kappa shape index (κ2) is 5.96. The van der Waals surface area contributed by atoms with E-state index in [0.29, 0.717) is 11.0 Å². The summed E-state index contributed by atoms with van der Waals surface area (Å²) >= 11 is 0. The van der Waals surface area contributed by atoms with Crippen molar-refractivity contribution in [3.63, 3.8) is 0 Å². The Kier molecular flexibility index (Phi) is 4.42. The van der Waals surface area contributed by atoms with E-state index in [1.165, 1.54) is 83.8 Å². The van der Waals surface area contributed by atoms with Crippen LogP contribution in [0, 0.1) is 5.41 Å². The predicted octanol–water partition coefficient (Wildman–Crippen LogP) is 3.95. The predicted molar refractivity (Wildman–Crippen MR) is 86.0 cm³/mol. The lowest BCUT2D eigenvalue weighted by Gasteiger charge is -2.54. The van der Waals surface area contributed by atoms with Crippen molar-refractivity contribution in [2.24, 2.45) is 5.41 Å². The SMILES string of the molecule is CCC1CNC2(CCCCC2)CN1CC1(CC)CCC1. The van der Waals surface area contributed by atoms with Crippen LogP contribution in [0.2, 0.25) is 0 Å². The first-order chi connectivity index (χ1) is 9.71. The lowest BCUT2D eigenvalue weighted by Crippen LogP contribution is -2.66. The molecule has 3 aliphatic rings. The third kappa shape index (κ3) is 2.78. The molecule has 1 N–H and O–H groups in total. The van der Waals surface area contributed by atoms with E-state index in [9.17, 15) is 0 Å². The maximum atomic E-state index is 3.96. The molecule has 0 bridgehead atoms. The van der Waals surface area contributed by atoms with Gasteiger partial charge in [0.2, 0.25) is 0 Å². The molecule has 1 aliphatic heterocycles. The lowest BCUT2D eigenvalue weighted by molar-refractivity contribution is -0.00885. The second-order valence-electron chi connectivity index (χ2n) is 7.90. The summed E-state index contributed by atoms with van der Waals surface area (Å²) in [5.74, 6) is 0. The van der Waals surface area contributed by atoms with Gasteiger partial charge in [0.1, 0.15) is 0 Å². The summed E-state index contributed by atoms with van der Waals surface area (Å²) in [6.07, 6.45) is 14.3. The van der Waals surface area contributed by atoms with Gasteiger partial charge in [-0.25, -0.2) is 0 Å². The van der Waals surface area contributed by atoms with E-state index in [1.807, 2.05) is 0 Å². The second-order valence-corrected chi connectivity index (χ2v) is 7.90. The van der Waals surface area contributed by atoms with Gasteiger partial charge in [-0.15, -0.1) is 0 Å². The van der Waals surface area contributed by atoms with E-state index >= 15 is 0 Å². The Hall–Kier alpha value is -0.0800. The third-order valence-corrected chi connectivity index (χ3v) is 6.72. The molecule has 2 heteroatoms. The Labute approximate surface area is 125 Å². The number of hydrogen-bond acceptors (Lipinski definition) is 2. The van der Waals surface area contributed by atoms with Gasteiger partial charge in [0, 0.05) is 31.2 Å². The van der Waals surface area contributed by atoms with E-state index in [1.54, 1.807) is 0 Å². The van der Waals surface area contributed by atoms with Gasteiger partial charge in [-0.3, -0.25) is 4.90 Å². The minimum atomic E-state index is 0.475. The quantitative estimate of drug-likeness (QED) is 0.837. The highest BCUT2D eigenvalue weighted by Gasteiger charge is 2.43. The standard InChI is InChI=1S/C18H34N2/c1-3-16-13-19-18(11-6-5-7-12-18)15-20(16)14-17(4-2)9-8-10-17/h16,19H,3-15H2,1-2H3. The van der Waals surface area contributed by atoms with Crippen LogP contribution in [-0.4, -0.2) is 36.1 Å². The minimum absolute atomic E-state index is 0.475. The van der Waals surface area contributed by atoms with Gasteiger partial charge in [-0.2, -0.15) is 0 Å². The molecule has 3 fully saturated rings. The molecule has 3 rings (SSSR count). The molecule has 2 aliphatic carbocycles. The third-order valence-electron chi connectivity index (χ3n) is 6.72. The molecule has 116 valence electrons. The number of rotatable bonds is 4. The number of hydrogen-bond donors (Lipinski definition) is 1. The molecule has 0 aromatic heterocycles. The zero-order valence-corrected chi connectivity index (χ0v) is 13.7. The Morgan fingerprint density at radius 2 is 1.75 bits per heavy atom. The molecule has 0 amide bonds. The van der Waals surface area contributed by atoms with Gasteiger partial charge in [0.15, 0.2) is 0 Å². The van der Waals surface area contributed by atoms with Crippen molar-refractivity contribution in [1.29, 1.82) is 0 Å². The highest BCUT2D eigenvalue weighted by atomic mass is 15.3. The van der Waals surface area contributed by atoms with Gasteiger partial charge in [-0.1, -0.05) is 39.5 Å². The van der Waals surface area contributed by atoms with Crippen LogP contribution in [0.3, 0.4) is 0 Å². The molecular formula is C18H34N2. The van der Waals surface area contributed by atoms with Crippen molar-refractivity contribution in [3.8, 4) is 0 Å². The molecular weight excluding hydrogens is 244 g/mol. The molecule has 0 radical (unpaired) electrons. The summed E-state index contributed by atoms with van der Waals surface area (Å²) in [4.78, 5) is 2.89. The minimum Gasteiger partial charge on any atom is -0.308 e. The van der Waals surface area contributed by atoms with E-state index < -0.39 is 0 Å². The molecule has 1 heterocycles. The molecule has 1 atom stereocenters. The fourth-order valence-corrected chi connectivity index (χ4v) is 4.92. The molecule has 2 saturated carbocycles. The maximum absolute atomic E-state index is 3.96. The van der Waals surface area contributed by atoms with Gasteiger partial charge in [-0.05, 0) is 43.9 Å². The van der Waals surface area contributed by atoms with Crippen LogP contribution in [0.4, 0.5) is 0 Å². The van der Waals surface area contributed by atoms with Crippen LogP contribution in [0.25, 0.3) is 0 Å². The Balaban J connectivity index is 1.68. The summed E-state index contributed by atoms with van der Waals surface area (Å²) in [5.41, 5.74) is 1.16.